The fraction of sp³-hybridized carbons (Fsp3) is 0.941. The first-order chi connectivity index (χ1) is 10.00. The maximum atomic E-state index is 11.9. The number of carbonyl (C=O) groups excluding carboxylic acids is 1. The summed E-state index contributed by atoms with van der Waals surface area (Å²) in [5, 5.41) is 3.37. The van der Waals surface area contributed by atoms with Crippen LogP contribution in [0.5, 0.6) is 0 Å². The van der Waals surface area contributed by atoms with Crippen molar-refractivity contribution in [2.24, 2.45) is 5.41 Å². The number of carbonyl (C=O) groups is 1. The van der Waals surface area contributed by atoms with Crippen molar-refractivity contribution in [3.8, 4) is 0 Å². The van der Waals surface area contributed by atoms with E-state index in [4.69, 9.17) is 9.47 Å². The number of hydrogen-bond acceptors (Lipinski definition) is 4. The standard InChI is InChI=1S/C17H31NO3/c1-4-20-16(19)15(18-13-5-6-13)9-12-21-14-7-10-17(2,3)11-8-14/h13-15,18H,4-12H2,1-3H3. The molecule has 2 saturated carbocycles. The van der Waals surface area contributed by atoms with Crippen molar-refractivity contribution < 1.29 is 14.3 Å². The Morgan fingerprint density at radius 3 is 2.48 bits per heavy atom. The van der Waals surface area contributed by atoms with Crippen molar-refractivity contribution in [1.29, 1.82) is 0 Å². The van der Waals surface area contributed by atoms with Crippen LogP contribution in [0.25, 0.3) is 0 Å². The Morgan fingerprint density at radius 2 is 1.90 bits per heavy atom. The number of nitrogens with one attached hydrogen (secondary N) is 1. The molecular formula is C17H31NO3. The van der Waals surface area contributed by atoms with Crippen LogP contribution < -0.4 is 5.32 Å². The van der Waals surface area contributed by atoms with Crippen LogP contribution in [0, 0.1) is 5.41 Å². The van der Waals surface area contributed by atoms with Crippen LogP contribution in [0.4, 0.5) is 0 Å². The molecule has 1 atom stereocenters. The minimum Gasteiger partial charge on any atom is -0.465 e. The van der Waals surface area contributed by atoms with Gasteiger partial charge in [0.15, 0.2) is 0 Å². The average molecular weight is 297 g/mol. The molecule has 2 aliphatic carbocycles. The topological polar surface area (TPSA) is 47.6 Å². The third kappa shape index (κ3) is 5.95. The molecule has 1 unspecified atom stereocenters. The van der Waals surface area contributed by atoms with Gasteiger partial charge in [-0.1, -0.05) is 13.8 Å². The Balaban J connectivity index is 1.67. The van der Waals surface area contributed by atoms with E-state index in [0.29, 0.717) is 30.8 Å². The lowest BCUT2D eigenvalue weighted by Crippen LogP contribution is -2.40. The van der Waals surface area contributed by atoms with Gasteiger partial charge in [0.05, 0.1) is 12.7 Å². The second-order valence-electron chi connectivity index (χ2n) is 7.27. The Labute approximate surface area is 129 Å². The minimum atomic E-state index is -0.197. The van der Waals surface area contributed by atoms with Gasteiger partial charge in [-0.05, 0) is 57.3 Å². The predicted molar refractivity (Wildman–Crippen MR) is 83.2 cm³/mol. The van der Waals surface area contributed by atoms with Crippen molar-refractivity contribution in [1.82, 2.24) is 5.32 Å². The molecule has 2 aliphatic rings. The molecule has 0 aromatic heterocycles. The molecule has 0 aromatic carbocycles. The summed E-state index contributed by atoms with van der Waals surface area (Å²) in [5.74, 6) is -0.127. The van der Waals surface area contributed by atoms with Gasteiger partial charge in [0.1, 0.15) is 6.04 Å². The largest absolute Gasteiger partial charge is 0.465 e. The zero-order valence-electron chi connectivity index (χ0n) is 13.8. The predicted octanol–water partition coefficient (Wildman–Crippen LogP) is 3.05. The quantitative estimate of drug-likeness (QED) is 0.700. The van der Waals surface area contributed by atoms with Gasteiger partial charge in [-0.2, -0.15) is 0 Å². The lowest BCUT2D eigenvalue weighted by molar-refractivity contribution is -0.146. The molecule has 21 heavy (non-hydrogen) atoms. The molecule has 0 amide bonds. The van der Waals surface area contributed by atoms with E-state index < -0.39 is 0 Å². The summed E-state index contributed by atoms with van der Waals surface area (Å²) >= 11 is 0. The first-order valence-electron chi connectivity index (χ1n) is 8.54. The van der Waals surface area contributed by atoms with Gasteiger partial charge < -0.3 is 14.8 Å². The molecule has 0 bridgehead atoms. The normalized spacial score (nSPS) is 23.8. The Morgan fingerprint density at radius 1 is 1.24 bits per heavy atom. The van der Waals surface area contributed by atoms with Crippen molar-refractivity contribution >= 4 is 5.97 Å². The fourth-order valence-corrected chi connectivity index (χ4v) is 2.94. The monoisotopic (exact) mass is 297 g/mol. The second-order valence-corrected chi connectivity index (χ2v) is 7.27. The van der Waals surface area contributed by atoms with Crippen LogP contribution in [0.2, 0.25) is 0 Å². The molecule has 0 aliphatic heterocycles. The van der Waals surface area contributed by atoms with Crippen LogP contribution in [0.3, 0.4) is 0 Å². The summed E-state index contributed by atoms with van der Waals surface area (Å²) in [6.07, 6.45) is 8.21. The van der Waals surface area contributed by atoms with Gasteiger partial charge in [0.2, 0.25) is 0 Å². The number of rotatable bonds is 8. The Kier molecular flexibility index (Phi) is 6.06. The van der Waals surface area contributed by atoms with E-state index in [1.807, 2.05) is 6.92 Å². The Bertz CT molecular complexity index is 329. The first kappa shape index (κ1) is 16.8. The minimum absolute atomic E-state index is 0.127. The maximum Gasteiger partial charge on any atom is 0.323 e. The number of esters is 1. The van der Waals surface area contributed by atoms with E-state index in [1.165, 1.54) is 25.7 Å². The summed E-state index contributed by atoms with van der Waals surface area (Å²) in [4.78, 5) is 11.9. The molecule has 4 nitrogen and oxygen atoms in total. The summed E-state index contributed by atoms with van der Waals surface area (Å²) in [6, 6.07) is 0.312. The molecule has 1 N–H and O–H groups in total. The number of hydrogen-bond donors (Lipinski definition) is 1. The molecule has 2 fully saturated rings. The Hall–Kier alpha value is -0.610. The summed E-state index contributed by atoms with van der Waals surface area (Å²) in [5.41, 5.74) is 0.473. The molecule has 0 radical (unpaired) electrons. The van der Waals surface area contributed by atoms with Gasteiger partial charge in [0.25, 0.3) is 0 Å². The van der Waals surface area contributed by atoms with E-state index >= 15 is 0 Å². The van der Waals surface area contributed by atoms with Crippen LogP contribution in [0.1, 0.15) is 65.7 Å². The zero-order chi connectivity index (χ0) is 15.3. The van der Waals surface area contributed by atoms with Crippen LogP contribution in [0.15, 0.2) is 0 Å². The first-order valence-corrected chi connectivity index (χ1v) is 8.54. The molecular weight excluding hydrogens is 266 g/mol. The van der Waals surface area contributed by atoms with Crippen molar-refractivity contribution in [2.75, 3.05) is 13.2 Å². The number of ether oxygens (including phenoxy) is 2. The van der Waals surface area contributed by atoms with Crippen LogP contribution >= 0.6 is 0 Å². The van der Waals surface area contributed by atoms with Crippen molar-refractivity contribution in [3.63, 3.8) is 0 Å². The maximum absolute atomic E-state index is 11.9. The third-order valence-electron chi connectivity index (χ3n) is 4.63. The highest BCUT2D eigenvalue weighted by Gasteiger charge is 2.30. The van der Waals surface area contributed by atoms with Gasteiger partial charge in [-0.25, -0.2) is 0 Å². The average Bonchev–Trinajstić information content (AvgIpc) is 3.24. The third-order valence-corrected chi connectivity index (χ3v) is 4.63. The zero-order valence-corrected chi connectivity index (χ0v) is 13.8. The lowest BCUT2D eigenvalue weighted by Gasteiger charge is -2.34. The summed E-state index contributed by atoms with van der Waals surface area (Å²) in [7, 11) is 0. The molecule has 0 spiro atoms. The van der Waals surface area contributed by atoms with E-state index in [2.05, 4.69) is 19.2 Å². The van der Waals surface area contributed by atoms with Crippen LogP contribution in [-0.2, 0) is 14.3 Å². The highest BCUT2D eigenvalue weighted by molar-refractivity contribution is 5.75. The van der Waals surface area contributed by atoms with E-state index in [0.717, 1.165) is 19.3 Å². The summed E-state index contributed by atoms with van der Waals surface area (Å²) in [6.45, 7) is 7.61. The lowest BCUT2D eigenvalue weighted by atomic mass is 9.76. The molecule has 0 aromatic rings. The van der Waals surface area contributed by atoms with Crippen LogP contribution in [-0.4, -0.2) is 37.4 Å². The van der Waals surface area contributed by atoms with Crippen molar-refractivity contribution in [2.45, 2.75) is 83.9 Å². The van der Waals surface area contributed by atoms with Gasteiger partial charge in [-0.15, -0.1) is 0 Å². The smallest absolute Gasteiger partial charge is 0.323 e. The molecule has 0 heterocycles. The highest BCUT2D eigenvalue weighted by atomic mass is 16.5. The highest BCUT2D eigenvalue weighted by Crippen LogP contribution is 2.36. The van der Waals surface area contributed by atoms with E-state index in [9.17, 15) is 4.79 Å². The summed E-state index contributed by atoms with van der Waals surface area (Å²) < 4.78 is 11.1. The van der Waals surface area contributed by atoms with Crippen molar-refractivity contribution in [3.05, 3.63) is 0 Å². The van der Waals surface area contributed by atoms with E-state index in [1.54, 1.807) is 0 Å². The fourth-order valence-electron chi connectivity index (χ4n) is 2.94. The molecule has 4 heteroatoms. The van der Waals surface area contributed by atoms with Gasteiger partial charge >= 0.3 is 5.97 Å². The SMILES string of the molecule is CCOC(=O)C(CCOC1CCC(C)(C)CC1)NC1CC1. The second kappa shape index (κ2) is 7.59. The van der Waals surface area contributed by atoms with Gasteiger partial charge in [0, 0.05) is 12.6 Å². The molecule has 122 valence electrons. The van der Waals surface area contributed by atoms with E-state index in [-0.39, 0.29) is 12.0 Å². The molecule has 2 rings (SSSR count). The van der Waals surface area contributed by atoms with Gasteiger partial charge in [-0.3, -0.25) is 4.79 Å². The molecule has 0 saturated heterocycles.